The Hall–Kier alpha value is -5.74. The van der Waals surface area contributed by atoms with Crippen molar-refractivity contribution < 1.29 is 4.74 Å². The normalized spacial score (nSPS) is 12.5. The van der Waals surface area contributed by atoms with Gasteiger partial charge in [0.2, 0.25) is 0 Å². The van der Waals surface area contributed by atoms with Crippen LogP contribution in [0.2, 0.25) is 0 Å². The van der Waals surface area contributed by atoms with E-state index >= 15 is 0 Å². The van der Waals surface area contributed by atoms with Gasteiger partial charge in [-0.1, -0.05) is 66.7 Å². The van der Waals surface area contributed by atoms with Crippen molar-refractivity contribution in [1.29, 1.82) is 0 Å². The number of hydrogen-bond donors (Lipinski definition) is 0. The average molecular weight is 568 g/mol. The lowest BCUT2D eigenvalue weighted by Crippen LogP contribution is -2.16. The minimum absolute atomic E-state index is 0.869. The number of aromatic nitrogens is 2. The third kappa shape index (κ3) is 3.64. The van der Waals surface area contributed by atoms with Crippen LogP contribution in [0.1, 0.15) is 11.1 Å². The molecule has 0 fully saturated rings. The summed E-state index contributed by atoms with van der Waals surface area (Å²) in [4.78, 5) is 2.32. The summed E-state index contributed by atoms with van der Waals surface area (Å²) in [5.74, 6) is 1.74. The Morgan fingerprint density at radius 3 is 1.95 bits per heavy atom. The van der Waals surface area contributed by atoms with E-state index in [1.807, 2.05) is 0 Å². The minimum Gasteiger partial charge on any atom is -0.453 e. The molecule has 0 atom stereocenters. The summed E-state index contributed by atoms with van der Waals surface area (Å²) in [6.07, 6.45) is 2.20. The van der Waals surface area contributed by atoms with Crippen molar-refractivity contribution in [1.82, 2.24) is 9.13 Å². The molecule has 0 saturated carbocycles. The second kappa shape index (κ2) is 9.38. The lowest BCUT2D eigenvalue weighted by atomic mass is 10.1. The maximum atomic E-state index is 6.43. The lowest BCUT2D eigenvalue weighted by Gasteiger charge is -2.33. The van der Waals surface area contributed by atoms with Gasteiger partial charge < -0.3 is 18.8 Å². The molecule has 210 valence electrons. The molecule has 0 bridgehead atoms. The molecule has 3 heterocycles. The minimum atomic E-state index is 0.869. The van der Waals surface area contributed by atoms with Crippen LogP contribution in [0, 0.1) is 13.8 Å². The summed E-state index contributed by atoms with van der Waals surface area (Å²) in [6.45, 7) is 4.21. The van der Waals surface area contributed by atoms with Gasteiger partial charge in [0, 0.05) is 39.4 Å². The molecule has 4 heteroatoms. The van der Waals surface area contributed by atoms with E-state index in [0.29, 0.717) is 0 Å². The van der Waals surface area contributed by atoms with Gasteiger partial charge in [0.1, 0.15) is 0 Å². The third-order valence-electron chi connectivity index (χ3n) is 8.80. The van der Waals surface area contributed by atoms with Crippen LogP contribution in [-0.4, -0.2) is 9.13 Å². The van der Waals surface area contributed by atoms with Crippen molar-refractivity contribution in [3.8, 4) is 22.9 Å². The summed E-state index contributed by atoms with van der Waals surface area (Å²) in [7, 11) is 0. The van der Waals surface area contributed by atoms with Crippen LogP contribution in [0.4, 0.5) is 17.1 Å². The van der Waals surface area contributed by atoms with Crippen molar-refractivity contribution >= 4 is 49.8 Å². The quantitative estimate of drug-likeness (QED) is 0.212. The molecule has 0 amide bonds. The van der Waals surface area contributed by atoms with Gasteiger partial charge in [-0.25, -0.2) is 0 Å². The molecule has 2 aromatic heterocycles. The molecule has 0 aliphatic carbocycles. The van der Waals surface area contributed by atoms with Gasteiger partial charge in [-0.2, -0.15) is 0 Å². The van der Waals surface area contributed by atoms with Crippen LogP contribution < -0.4 is 9.64 Å². The van der Waals surface area contributed by atoms with Gasteiger partial charge in [0.15, 0.2) is 11.5 Å². The Balaban J connectivity index is 1.30. The van der Waals surface area contributed by atoms with Gasteiger partial charge in [-0.3, -0.25) is 0 Å². The van der Waals surface area contributed by atoms with Crippen molar-refractivity contribution in [3.63, 3.8) is 0 Å². The number of ether oxygens (including phenoxy) is 1. The maximum Gasteiger partial charge on any atom is 0.151 e. The van der Waals surface area contributed by atoms with E-state index in [1.165, 1.54) is 43.8 Å². The molecule has 6 aromatic carbocycles. The first-order valence-electron chi connectivity index (χ1n) is 15.0. The first kappa shape index (κ1) is 24.8. The van der Waals surface area contributed by atoms with Crippen molar-refractivity contribution in [2.75, 3.05) is 4.90 Å². The standard InChI is InChI=1S/C40H29N3O/c1-26-15-19-35-37(23-26)44-38-24-27(2)16-20-36(38)42(35)31-12-8-11-30(25-31)41-22-21-28-17-18-33-32-13-6-7-14-34(32)43(40(33)39(28)41)29-9-4-3-5-10-29/h3-25H,1-2H3. The summed E-state index contributed by atoms with van der Waals surface area (Å²) in [6, 6.07) is 47.8. The Bertz CT molecular complexity index is 2340. The highest BCUT2D eigenvalue weighted by molar-refractivity contribution is 6.18. The zero-order valence-corrected chi connectivity index (χ0v) is 24.5. The number of aryl methyl sites for hydroxylation is 2. The predicted molar refractivity (Wildman–Crippen MR) is 182 cm³/mol. The number of rotatable bonds is 3. The van der Waals surface area contributed by atoms with E-state index in [4.69, 9.17) is 4.74 Å². The van der Waals surface area contributed by atoms with E-state index in [0.717, 1.165) is 39.9 Å². The van der Waals surface area contributed by atoms with E-state index in [-0.39, 0.29) is 0 Å². The molecular formula is C40H29N3O. The Labute approximate surface area is 255 Å². The molecule has 1 aliphatic heterocycles. The van der Waals surface area contributed by atoms with Gasteiger partial charge in [-0.05, 0) is 91.7 Å². The third-order valence-corrected chi connectivity index (χ3v) is 8.80. The van der Waals surface area contributed by atoms with E-state index in [9.17, 15) is 0 Å². The SMILES string of the molecule is Cc1ccc2c(c1)Oc1cc(C)ccc1N2c1cccc(-n2ccc3ccc4c5ccccc5n(-c5ccccc5)c4c32)c1. The Morgan fingerprint density at radius 1 is 0.500 bits per heavy atom. The molecule has 0 spiro atoms. The van der Waals surface area contributed by atoms with E-state index < -0.39 is 0 Å². The fourth-order valence-corrected chi connectivity index (χ4v) is 6.82. The Morgan fingerprint density at radius 2 is 1.18 bits per heavy atom. The van der Waals surface area contributed by atoms with Gasteiger partial charge in [-0.15, -0.1) is 0 Å². The maximum absolute atomic E-state index is 6.43. The summed E-state index contributed by atoms with van der Waals surface area (Å²) < 4.78 is 11.2. The van der Waals surface area contributed by atoms with Crippen LogP contribution in [0.3, 0.4) is 0 Å². The monoisotopic (exact) mass is 567 g/mol. The van der Waals surface area contributed by atoms with Crippen molar-refractivity contribution in [2.24, 2.45) is 0 Å². The summed E-state index contributed by atoms with van der Waals surface area (Å²) in [5.41, 5.74) is 11.3. The molecular weight excluding hydrogens is 538 g/mol. The fraction of sp³-hybridized carbons (Fsp3) is 0.0500. The van der Waals surface area contributed by atoms with Crippen LogP contribution in [0.5, 0.6) is 11.5 Å². The first-order chi connectivity index (χ1) is 21.6. The number of para-hydroxylation sites is 2. The van der Waals surface area contributed by atoms with Crippen LogP contribution in [0.25, 0.3) is 44.1 Å². The van der Waals surface area contributed by atoms with Crippen LogP contribution in [-0.2, 0) is 0 Å². The molecule has 8 aromatic rings. The lowest BCUT2D eigenvalue weighted by molar-refractivity contribution is 0.476. The average Bonchev–Trinajstić information content (AvgIpc) is 3.63. The molecule has 9 rings (SSSR count). The number of hydrogen-bond acceptors (Lipinski definition) is 2. The first-order valence-corrected chi connectivity index (χ1v) is 15.0. The highest BCUT2D eigenvalue weighted by Crippen LogP contribution is 2.51. The number of benzene rings is 6. The molecule has 44 heavy (non-hydrogen) atoms. The zero-order chi connectivity index (χ0) is 29.4. The number of nitrogens with zero attached hydrogens (tertiary/aromatic N) is 3. The molecule has 0 radical (unpaired) electrons. The van der Waals surface area contributed by atoms with E-state index in [1.54, 1.807) is 0 Å². The molecule has 1 aliphatic rings. The van der Waals surface area contributed by atoms with Crippen molar-refractivity contribution in [2.45, 2.75) is 13.8 Å². The molecule has 0 N–H and O–H groups in total. The second-order valence-corrected chi connectivity index (χ2v) is 11.7. The molecule has 0 saturated heterocycles. The van der Waals surface area contributed by atoms with Crippen molar-refractivity contribution in [3.05, 3.63) is 151 Å². The number of anilines is 3. The van der Waals surface area contributed by atoms with Crippen LogP contribution >= 0.6 is 0 Å². The summed E-state index contributed by atoms with van der Waals surface area (Å²) in [5, 5.41) is 3.70. The highest BCUT2D eigenvalue weighted by atomic mass is 16.5. The van der Waals surface area contributed by atoms with Crippen LogP contribution in [0.15, 0.2) is 140 Å². The van der Waals surface area contributed by atoms with Gasteiger partial charge >= 0.3 is 0 Å². The van der Waals surface area contributed by atoms with E-state index in [2.05, 4.69) is 168 Å². The number of fused-ring (bicyclic) bond motifs is 7. The fourth-order valence-electron chi connectivity index (χ4n) is 6.82. The topological polar surface area (TPSA) is 22.3 Å². The predicted octanol–water partition coefficient (Wildman–Crippen LogP) is 10.9. The largest absolute Gasteiger partial charge is 0.453 e. The zero-order valence-electron chi connectivity index (χ0n) is 24.5. The Kier molecular flexibility index (Phi) is 5.29. The highest BCUT2D eigenvalue weighted by Gasteiger charge is 2.26. The second-order valence-electron chi connectivity index (χ2n) is 11.7. The molecule has 0 unspecified atom stereocenters. The molecule has 4 nitrogen and oxygen atoms in total. The smallest absolute Gasteiger partial charge is 0.151 e. The van der Waals surface area contributed by atoms with Gasteiger partial charge in [0.05, 0.1) is 27.9 Å². The van der Waals surface area contributed by atoms with Gasteiger partial charge in [0.25, 0.3) is 0 Å². The summed E-state index contributed by atoms with van der Waals surface area (Å²) >= 11 is 0.